The predicted molar refractivity (Wildman–Crippen MR) is 98.0 cm³/mol. The van der Waals surface area contributed by atoms with Gasteiger partial charge in [0.25, 0.3) is 0 Å². The van der Waals surface area contributed by atoms with Gasteiger partial charge in [0.2, 0.25) is 0 Å². The van der Waals surface area contributed by atoms with Gasteiger partial charge in [-0.1, -0.05) is 31.2 Å². The molecule has 2 amide bonds. The van der Waals surface area contributed by atoms with Crippen molar-refractivity contribution in [1.29, 1.82) is 0 Å². The minimum atomic E-state index is -0.882. The molecule has 2 N–H and O–H groups in total. The number of hydrogen-bond acceptors (Lipinski definition) is 5. The van der Waals surface area contributed by atoms with Crippen molar-refractivity contribution in [3.8, 4) is 0 Å². The molecule has 0 unspecified atom stereocenters. The number of carbonyl (C=O) groups excluding carboxylic acids is 3. The zero-order valence-electron chi connectivity index (χ0n) is 14.5. The lowest BCUT2D eigenvalue weighted by Gasteiger charge is -2.04. The highest BCUT2D eigenvalue weighted by Gasteiger charge is 2.12. The smallest absolute Gasteiger partial charge is 0.337 e. The number of amides is 2. The van der Waals surface area contributed by atoms with Crippen molar-refractivity contribution in [2.24, 2.45) is 5.10 Å². The van der Waals surface area contributed by atoms with Crippen LogP contribution in [0.25, 0.3) is 0 Å². The number of aryl methyl sites for hydroxylation is 1. The van der Waals surface area contributed by atoms with E-state index in [4.69, 9.17) is 0 Å². The van der Waals surface area contributed by atoms with Crippen molar-refractivity contribution in [3.05, 3.63) is 65.2 Å². The summed E-state index contributed by atoms with van der Waals surface area (Å²) in [5.74, 6) is -2.13. The Kier molecular flexibility index (Phi) is 6.61. The van der Waals surface area contributed by atoms with Crippen LogP contribution in [-0.4, -0.2) is 31.1 Å². The fourth-order valence-corrected chi connectivity index (χ4v) is 2.05. The fraction of sp³-hybridized carbons (Fsp3) is 0.158. The largest absolute Gasteiger partial charge is 0.465 e. The van der Waals surface area contributed by atoms with Crippen LogP contribution in [0.5, 0.6) is 0 Å². The summed E-state index contributed by atoms with van der Waals surface area (Å²) < 4.78 is 4.60. The average Bonchev–Trinajstić information content (AvgIpc) is 2.68. The first kappa shape index (κ1) is 18.9. The number of anilines is 1. The zero-order chi connectivity index (χ0) is 18.9. The van der Waals surface area contributed by atoms with Gasteiger partial charge in [-0.2, -0.15) is 5.10 Å². The first-order chi connectivity index (χ1) is 12.5. The van der Waals surface area contributed by atoms with Crippen LogP contribution in [-0.2, 0) is 20.7 Å². The number of esters is 1. The number of benzene rings is 2. The fourth-order valence-electron chi connectivity index (χ4n) is 2.05. The van der Waals surface area contributed by atoms with Crippen LogP contribution in [0.15, 0.2) is 53.6 Å². The summed E-state index contributed by atoms with van der Waals surface area (Å²) in [7, 11) is 1.30. The van der Waals surface area contributed by atoms with Crippen molar-refractivity contribution in [1.82, 2.24) is 5.43 Å². The van der Waals surface area contributed by atoms with Crippen molar-refractivity contribution in [2.45, 2.75) is 13.3 Å². The second-order valence-electron chi connectivity index (χ2n) is 5.32. The van der Waals surface area contributed by atoms with Crippen LogP contribution < -0.4 is 10.7 Å². The van der Waals surface area contributed by atoms with E-state index in [0.29, 0.717) is 16.8 Å². The van der Waals surface area contributed by atoms with Crippen LogP contribution in [0.2, 0.25) is 0 Å². The predicted octanol–water partition coefficient (Wildman–Crippen LogP) is 2.12. The van der Waals surface area contributed by atoms with E-state index >= 15 is 0 Å². The molecule has 7 heteroatoms. The molecule has 2 aromatic carbocycles. The number of methoxy groups -OCH3 is 1. The molecule has 0 atom stereocenters. The van der Waals surface area contributed by atoms with E-state index in [9.17, 15) is 14.4 Å². The maximum absolute atomic E-state index is 11.8. The molecular formula is C19H19N3O4. The number of hydrazone groups is 1. The van der Waals surface area contributed by atoms with Gasteiger partial charge in [-0.15, -0.1) is 0 Å². The van der Waals surface area contributed by atoms with Crippen molar-refractivity contribution in [3.63, 3.8) is 0 Å². The third kappa shape index (κ3) is 5.27. The lowest BCUT2D eigenvalue weighted by atomic mass is 10.1. The van der Waals surface area contributed by atoms with Gasteiger partial charge in [-0.25, -0.2) is 10.2 Å². The highest BCUT2D eigenvalue weighted by atomic mass is 16.5. The summed E-state index contributed by atoms with van der Waals surface area (Å²) in [4.78, 5) is 34.9. The molecule has 0 heterocycles. The molecule has 0 radical (unpaired) electrons. The number of carbonyl (C=O) groups is 3. The summed E-state index contributed by atoms with van der Waals surface area (Å²) in [6, 6.07) is 13.6. The van der Waals surface area contributed by atoms with Crippen LogP contribution in [0.4, 0.5) is 5.69 Å². The van der Waals surface area contributed by atoms with Crippen LogP contribution in [0.3, 0.4) is 0 Å². The van der Waals surface area contributed by atoms with Crippen LogP contribution >= 0.6 is 0 Å². The van der Waals surface area contributed by atoms with E-state index in [-0.39, 0.29) is 0 Å². The third-order valence-electron chi connectivity index (χ3n) is 3.54. The van der Waals surface area contributed by atoms with Gasteiger partial charge in [0.05, 0.1) is 18.9 Å². The molecule has 0 aliphatic rings. The Labute approximate surface area is 151 Å². The number of ether oxygens (including phenoxy) is 1. The van der Waals surface area contributed by atoms with Crippen molar-refractivity contribution < 1.29 is 19.1 Å². The van der Waals surface area contributed by atoms with E-state index in [2.05, 4.69) is 20.6 Å². The summed E-state index contributed by atoms with van der Waals surface area (Å²) in [5, 5.41) is 6.22. The minimum absolute atomic E-state index is 0.405. The summed E-state index contributed by atoms with van der Waals surface area (Å²) in [6.07, 6.45) is 2.26. The van der Waals surface area contributed by atoms with E-state index in [1.54, 1.807) is 36.4 Å². The lowest BCUT2D eigenvalue weighted by Crippen LogP contribution is -2.32. The van der Waals surface area contributed by atoms with Gasteiger partial charge in [-0.3, -0.25) is 9.59 Å². The Morgan fingerprint density at radius 2 is 1.65 bits per heavy atom. The standard InChI is InChI=1S/C19H19N3O4/c1-3-13-6-10-16(11-7-13)21-17(23)18(24)22-20-12-14-4-8-15(9-5-14)19(25)26-2/h4-12H,3H2,1-2H3,(H,21,23)(H,22,24). The summed E-state index contributed by atoms with van der Waals surface area (Å²) in [5.41, 5.74) is 4.87. The molecular weight excluding hydrogens is 334 g/mol. The summed E-state index contributed by atoms with van der Waals surface area (Å²) >= 11 is 0. The second kappa shape index (κ2) is 9.12. The van der Waals surface area contributed by atoms with Crippen LogP contribution in [0.1, 0.15) is 28.4 Å². The first-order valence-electron chi connectivity index (χ1n) is 7.95. The van der Waals surface area contributed by atoms with E-state index in [1.807, 2.05) is 19.1 Å². The highest BCUT2D eigenvalue weighted by Crippen LogP contribution is 2.09. The number of nitrogens with zero attached hydrogens (tertiary/aromatic N) is 1. The minimum Gasteiger partial charge on any atom is -0.465 e. The second-order valence-corrected chi connectivity index (χ2v) is 5.32. The molecule has 2 aromatic rings. The Morgan fingerprint density at radius 1 is 1.00 bits per heavy atom. The maximum Gasteiger partial charge on any atom is 0.337 e. The van der Waals surface area contributed by atoms with Gasteiger partial charge >= 0.3 is 17.8 Å². The van der Waals surface area contributed by atoms with Crippen LogP contribution in [0, 0.1) is 0 Å². The normalized spacial score (nSPS) is 10.4. The molecule has 0 aromatic heterocycles. The summed E-state index contributed by atoms with van der Waals surface area (Å²) in [6.45, 7) is 2.03. The van der Waals surface area contributed by atoms with Gasteiger partial charge in [0, 0.05) is 5.69 Å². The molecule has 7 nitrogen and oxygen atoms in total. The van der Waals surface area contributed by atoms with E-state index in [0.717, 1.165) is 12.0 Å². The van der Waals surface area contributed by atoms with Gasteiger partial charge in [0.1, 0.15) is 0 Å². The monoisotopic (exact) mass is 353 g/mol. The SMILES string of the molecule is CCc1ccc(NC(=O)C(=O)NN=Cc2ccc(C(=O)OC)cc2)cc1. The van der Waals surface area contributed by atoms with E-state index in [1.165, 1.54) is 13.3 Å². The zero-order valence-corrected chi connectivity index (χ0v) is 14.5. The first-order valence-corrected chi connectivity index (χ1v) is 7.95. The van der Waals surface area contributed by atoms with Crippen molar-refractivity contribution >= 4 is 29.7 Å². The Morgan fingerprint density at radius 3 is 2.23 bits per heavy atom. The molecule has 0 saturated carbocycles. The molecule has 0 aliphatic carbocycles. The Hall–Kier alpha value is -3.48. The molecule has 26 heavy (non-hydrogen) atoms. The van der Waals surface area contributed by atoms with E-state index < -0.39 is 17.8 Å². The number of hydrogen-bond donors (Lipinski definition) is 2. The average molecular weight is 353 g/mol. The van der Waals surface area contributed by atoms with Gasteiger partial charge < -0.3 is 10.1 Å². The number of nitrogens with one attached hydrogen (secondary N) is 2. The lowest BCUT2D eigenvalue weighted by molar-refractivity contribution is -0.136. The molecule has 0 bridgehead atoms. The topological polar surface area (TPSA) is 96.9 Å². The maximum atomic E-state index is 11.8. The molecule has 0 aliphatic heterocycles. The Bertz CT molecular complexity index is 812. The number of rotatable bonds is 5. The molecule has 134 valence electrons. The molecule has 2 rings (SSSR count). The highest BCUT2D eigenvalue weighted by molar-refractivity contribution is 6.39. The molecule has 0 fully saturated rings. The molecule has 0 spiro atoms. The Balaban J connectivity index is 1.87. The van der Waals surface area contributed by atoms with Gasteiger partial charge in [0.15, 0.2) is 0 Å². The van der Waals surface area contributed by atoms with Gasteiger partial charge in [-0.05, 0) is 41.8 Å². The quantitative estimate of drug-likeness (QED) is 0.372. The van der Waals surface area contributed by atoms with Crippen molar-refractivity contribution in [2.75, 3.05) is 12.4 Å². The molecule has 0 saturated heterocycles. The third-order valence-corrected chi connectivity index (χ3v) is 3.54.